The summed E-state index contributed by atoms with van der Waals surface area (Å²) in [5.74, 6) is 1.12. The molecule has 3 aromatic rings. The van der Waals surface area contributed by atoms with Gasteiger partial charge in [0.2, 0.25) is 0 Å². The zero-order valence-corrected chi connectivity index (χ0v) is 18.0. The maximum absolute atomic E-state index is 13.7. The second-order valence-electron chi connectivity index (χ2n) is 7.40. The number of hydrogen-bond donors (Lipinski definition) is 0. The Balaban J connectivity index is 1.98. The molecule has 1 atom stereocenters. The van der Waals surface area contributed by atoms with Crippen molar-refractivity contribution in [3.05, 3.63) is 63.3 Å². The number of thiophene rings is 1. The van der Waals surface area contributed by atoms with E-state index in [0.29, 0.717) is 23.4 Å². The number of ether oxygens (including phenoxy) is 1. The van der Waals surface area contributed by atoms with Crippen LogP contribution in [0.2, 0.25) is 0 Å². The first-order valence-corrected chi connectivity index (χ1v) is 11.3. The minimum absolute atomic E-state index is 0.0211. The van der Waals surface area contributed by atoms with E-state index in [0.717, 1.165) is 38.3 Å². The van der Waals surface area contributed by atoms with Gasteiger partial charge in [-0.3, -0.25) is 9.36 Å². The first-order chi connectivity index (χ1) is 13.5. The van der Waals surface area contributed by atoms with Crippen molar-refractivity contribution < 1.29 is 4.74 Å². The Morgan fingerprint density at radius 2 is 2.21 bits per heavy atom. The van der Waals surface area contributed by atoms with E-state index in [-0.39, 0.29) is 11.7 Å². The quantitative estimate of drug-likeness (QED) is 0.331. The third-order valence-corrected chi connectivity index (χ3v) is 7.18. The van der Waals surface area contributed by atoms with Crippen molar-refractivity contribution >= 4 is 33.3 Å². The Morgan fingerprint density at radius 1 is 1.43 bits per heavy atom. The molecule has 0 unspecified atom stereocenters. The van der Waals surface area contributed by atoms with Crippen LogP contribution in [-0.2, 0) is 17.8 Å². The lowest BCUT2D eigenvalue weighted by molar-refractivity contribution is 0.00200. The lowest BCUT2D eigenvalue weighted by atomic mass is 9.96. The zero-order valence-electron chi connectivity index (χ0n) is 16.4. The van der Waals surface area contributed by atoms with E-state index in [1.165, 1.54) is 0 Å². The van der Waals surface area contributed by atoms with Crippen LogP contribution in [0.3, 0.4) is 0 Å². The van der Waals surface area contributed by atoms with Crippen molar-refractivity contribution in [2.24, 2.45) is 5.92 Å². The van der Waals surface area contributed by atoms with Crippen LogP contribution in [-0.4, -0.2) is 21.4 Å². The molecule has 1 aromatic carbocycles. The van der Waals surface area contributed by atoms with Gasteiger partial charge in [0.15, 0.2) is 5.16 Å². The summed E-state index contributed by atoms with van der Waals surface area (Å²) >= 11 is 3.13. The van der Waals surface area contributed by atoms with Crippen LogP contribution in [0.4, 0.5) is 0 Å². The number of thioether (sulfide) groups is 1. The van der Waals surface area contributed by atoms with Gasteiger partial charge >= 0.3 is 0 Å². The number of hydrogen-bond acceptors (Lipinski definition) is 5. The Kier molecular flexibility index (Phi) is 5.45. The molecular formula is C22H24N2O2S2. The van der Waals surface area contributed by atoms with Gasteiger partial charge in [0.1, 0.15) is 4.83 Å². The number of aryl methyl sites for hydroxylation is 1. The molecule has 6 heteroatoms. The first kappa shape index (κ1) is 19.4. The van der Waals surface area contributed by atoms with Crippen LogP contribution in [0.25, 0.3) is 15.9 Å². The van der Waals surface area contributed by atoms with Crippen molar-refractivity contribution in [3.63, 3.8) is 0 Å². The fourth-order valence-corrected chi connectivity index (χ4v) is 5.50. The lowest BCUT2D eigenvalue weighted by Crippen LogP contribution is -2.28. The molecule has 0 amide bonds. The molecule has 0 bridgehead atoms. The predicted molar refractivity (Wildman–Crippen MR) is 118 cm³/mol. The molecule has 0 fully saturated rings. The topological polar surface area (TPSA) is 44.1 Å². The lowest BCUT2D eigenvalue weighted by Gasteiger charge is -2.26. The molecular weight excluding hydrogens is 388 g/mol. The molecule has 0 N–H and O–H groups in total. The fraction of sp³-hybridized carbons (Fsp3) is 0.364. The number of para-hydroxylation sites is 1. The van der Waals surface area contributed by atoms with Crippen LogP contribution in [0, 0.1) is 12.8 Å². The molecule has 4 nitrogen and oxygen atoms in total. The smallest absolute Gasteiger partial charge is 0.267 e. The monoisotopic (exact) mass is 412 g/mol. The third kappa shape index (κ3) is 3.34. The minimum atomic E-state index is 0.0211. The van der Waals surface area contributed by atoms with Gasteiger partial charge in [0.05, 0.1) is 23.8 Å². The van der Waals surface area contributed by atoms with Gasteiger partial charge in [0, 0.05) is 17.1 Å². The minimum Gasteiger partial charge on any atom is -0.372 e. The second kappa shape index (κ2) is 7.85. The second-order valence-corrected chi connectivity index (χ2v) is 9.47. The molecule has 4 rings (SSSR count). The molecule has 1 aliphatic heterocycles. The Bertz CT molecular complexity index is 1100. The van der Waals surface area contributed by atoms with E-state index < -0.39 is 0 Å². The Labute approximate surface area is 173 Å². The van der Waals surface area contributed by atoms with Gasteiger partial charge in [-0.2, -0.15) is 0 Å². The van der Waals surface area contributed by atoms with Gasteiger partial charge in [-0.15, -0.1) is 17.9 Å². The molecule has 3 heterocycles. The van der Waals surface area contributed by atoms with Crippen LogP contribution in [0.5, 0.6) is 0 Å². The molecule has 2 aromatic heterocycles. The molecule has 146 valence electrons. The van der Waals surface area contributed by atoms with Crippen molar-refractivity contribution in [2.75, 3.05) is 5.75 Å². The van der Waals surface area contributed by atoms with Crippen LogP contribution in [0.1, 0.15) is 29.9 Å². The highest BCUT2D eigenvalue weighted by Crippen LogP contribution is 2.36. The number of nitrogens with zero attached hydrogens (tertiary/aromatic N) is 2. The van der Waals surface area contributed by atoms with Crippen molar-refractivity contribution in [1.82, 2.24) is 9.55 Å². The summed E-state index contributed by atoms with van der Waals surface area (Å²) < 4.78 is 7.80. The molecule has 0 spiro atoms. The van der Waals surface area contributed by atoms with Gasteiger partial charge in [-0.05, 0) is 30.0 Å². The Hall–Kier alpha value is -1.89. The van der Waals surface area contributed by atoms with E-state index in [4.69, 9.17) is 9.72 Å². The summed E-state index contributed by atoms with van der Waals surface area (Å²) in [4.78, 5) is 20.6. The van der Waals surface area contributed by atoms with Gasteiger partial charge in [0.25, 0.3) is 5.56 Å². The van der Waals surface area contributed by atoms with E-state index in [1.807, 2.05) is 37.3 Å². The Morgan fingerprint density at radius 3 is 2.93 bits per heavy atom. The van der Waals surface area contributed by atoms with E-state index in [9.17, 15) is 4.79 Å². The average molecular weight is 413 g/mol. The molecule has 28 heavy (non-hydrogen) atoms. The van der Waals surface area contributed by atoms with Gasteiger partial charge in [-0.1, -0.05) is 49.9 Å². The van der Waals surface area contributed by atoms with Gasteiger partial charge in [-0.25, -0.2) is 4.98 Å². The number of benzene rings is 1. The fourth-order valence-electron chi connectivity index (χ4n) is 3.59. The number of aromatic nitrogens is 2. The summed E-state index contributed by atoms with van der Waals surface area (Å²) in [5.41, 5.74) is 3.09. The van der Waals surface area contributed by atoms with Crippen molar-refractivity contribution in [2.45, 2.75) is 45.1 Å². The highest BCUT2D eigenvalue weighted by molar-refractivity contribution is 7.99. The molecule has 1 aliphatic rings. The summed E-state index contributed by atoms with van der Waals surface area (Å²) in [6.45, 7) is 10.7. The first-order valence-electron chi connectivity index (χ1n) is 9.49. The summed E-state index contributed by atoms with van der Waals surface area (Å²) in [7, 11) is 0. The van der Waals surface area contributed by atoms with E-state index in [2.05, 4.69) is 20.4 Å². The molecule has 0 saturated heterocycles. The standard InChI is InChI=1S/C22H24N2O2S2/c1-5-10-27-22-23-20-19(15-11-17(13(2)3)26-12-18(15)28-20)21(25)24(22)16-9-7-6-8-14(16)4/h5-9,13,17H,1,10-12H2,2-4H3/t17-/m0/s1. The maximum atomic E-state index is 13.7. The summed E-state index contributed by atoms with van der Waals surface area (Å²) in [5, 5.41) is 1.48. The predicted octanol–water partition coefficient (Wildman–Crippen LogP) is 5.13. The van der Waals surface area contributed by atoms with Crippen molar-refractivity contribution in [1.29, 1.82) is 0 Å². The zero-order chi connectivity index (χ0) is 19.8. The van der Waals surface area contributed by atoms with E-state index in [1.54, 1.807) is 27.7 Å². The summed E-state index contributed by atoms with van der Waals surface area (Å²) in [6.07, 6.45) is 2.76. The average Bonchev–Trinajstić information content (AvgIpc) is 3.05. The highest BCUT2D eigenvalue weighted by atomic mass is 32.2. The third-order valence-electron chi connectivity index (χ3n) is 5.14. The largest absolute Gasteiger partial charge is 0.372 e. The molecule has 0 saturated carbocycles. The van der Waals surface area contributed by atoms with Crippen LogP contribution < -0.4 is 5.56 Å². The van der Waals surface area contributed by atoms with E-state index >= 15 is 0 Å². The SMILES string of the molecule is C=CCSc1nc2sc3c(c2c(=O)n1-c1ccccc1C)C[C@@H](C(C)C)OC3. The van der Waals surface area contributed by atoms with Crippen molar-refractivity contribution in [3.8, 4) is 5.69 Å². The molecule has 0 aliphatic carbocycles. The van der Waals surface area contributed by atoms with Crippen LogP contribution >= 0.6 is 23.1 Å². The summed E-state index contributed by atoms with van der Waals surface area (Å²) in [6, 6.07) is 7.97. The normalized spacial score (nSPS) is 16.5. The maximum Gasteiger partial charge on any atom is 0.267 e. The number of fused-ring (bicyclic) bond motifs is 3. The highest BCUT2D eigenvalue weighted by Gasteiger charge is 2.28. The number of rotatable bonds is 5. The molecule has 0 radical (unpaired) electrons. The van der Waals surface area contributed by atoms with Crippen LogP contribution in [0.15, 0.2) is 46.9 Å². The van der Waals surface area contributed by atoms with Gasteiger partial charge < -0.3 is 4.74 Å².